The molecule has 2 nitrogen and oxygen atoms in total. The van der Waals surface area contributed by atoms with Gasteiger partial charge >= 0.3 is 5.97 Å². The molecule has 0 spiro atoms. The Labute approximate surface area is 68.9 Å². The van der Waals surface area contributed by atoms with Gasteiger partial charge in [-0.2, -0.15) is 0 Å². The Morgan fingerprint density at radius 2 is 1.82 bits per heavy atom. The van der Waals surface area contributed by atoms with Crippen LogP contribution in [0.15, 0.2) is 0 Å². The summed E-state index contributed by atoms with van der Waals surface area (Å²) in [4.78, 5) is 11.0. The number of hydrogen-bond acceptors (Lipinski definition) is 2. The van der Waals surface area contributed by atoms with E-state index in [9.17, 15) is 4.79 Å². The number of ether oxygens (including phenoxy) is 1. The highest BCUT2D eigenvalue weighted by molar-refractivity contribution is 5.71. The Morgan fingerprint density at radius 3 is 2.09 bits per heavy atom. The van der Waals surface area contributed by atoms with Crippen molar-refractivity contribution in [3.05, 3.63) is 0 Å². The van der Waals surface area contributed by atoms with E-state index in [4.69, 9.17) is 4.74 Å². The second-order valence-electron chi connectivity index (χ2n) is 4.32. The molecule has 0 N–H and O–H groups in total. The van der Waals surface area contributed by atoms with Crippen molar-refractivity contribution in [2.24, 2.45) is 11.3 Å². The van der Waals surface area contributed by atoms with Gasteiger partial charge in [0.1, 0.15) is 0 Å². The molecule has 0 fully saturated rings. The van der Waals surface area contributed by atoms with Gasteiger partial charge in [-0.05, 0) is 5.41 Å². The summed E-state index contributed by atoms with van der Waals surface area (Å²) in [5, 5.41) is 0. The lowest BCUT2D eigenvalue weighted by Crippen LogP contribution is -2.20. The molecule has 0 saturated heterocycles. The molecule has 0 amide bonds. The van der Waals surface area contributed by atoms with Gasteiger partial charge in [-0.1, -0.05) is 34.6 Å². The summed E-state index contributed by atoms with van der Waals surface area (Å²) >= 11 is 0. The maximum absolute atomic E-state index is 11.0. The van der Waals surface area contributed by atoms with E-state index < -0.39 is 0 Å². The summed E-state index contributed by atoms with van der Waals surface area (Å²) in [5.41, 5.74) is 0.0740. The van der Waals surface area contributed by atoms with Crippen LogP contribution < -0.4 is 0 Å². The van der Waals surface area contributed by atoms with E-state index in [1.807, 2.05) is 34.6 Å². The topological polar surface area (TPSA) is 26.3 Å². The fourth-order valence-corrected chi connectivity index (χ4v) is 0.454. The van der Waals surface area contributed by atoms with Crippen molar-refractivity contribution in [1.29, 1.82) is 0 Å². The zero-order valence-corrected chi connectivity index (χ0v) is 8.10. The zero-order chi connectivity index (χ0) is 9.07. The SMILES string of the molecule is CC(C)C(=O)OCC(C)(C)C. The first kappa shape index (κ1) is 10.5. The van der Waals surface area contributed by atoms with Gasteiger partial charge in [-0.15, -0.1) is 0 Å². The molecule has 0 aromatic heterocycles. The number of esters is 1. The molecular weight excluding hydrogens is 140 g/mol. The molecule has 0 aromatic carbocycles. The predicted molar refractivity (Wildman–Crippen MR) is 45.3 cm³/mol. The van der Waals surface area contributed by atoms with Crippen molar-refractivity contribution in [2.45, 2.75) is 34.6 Å². The van der Waals surface area contributed by atoms with Crippen LogP contribution in [-0.4, -0.2) is 12.6 Å². The normalized spacial score (nSPS) is 11.8. The van der Waals surface area contributed by atoms with Crippen molar-refractivity contribution in [2.75, 3.05) is 6.61 Å². The van der Waals surface area contributed by atoms with Gasteiger partial charge < -0.3 is 4.74 Å². The van der Waals surface area contributed by atoms with Gasteiger partial charge in [0.15, 0.2) is 0 Å². The van der Waals surface area contributed by atoms with Crippen LogP contribution in [0.3, 0.4) is 0 Å². The van der Waals surface area contributed by atoms with Crippen molar-refractivity contribution < 1.29 is 9.53 Å². The van der Waals surface area contributed by atoms with Gasteiger partial charge in [0, 0.05) is 0 Å². The second-order valence-corrected chi connectivity index (χ2v) is 4.32. The lowest BCUT2D eigenvalue weighted by molar-refractivity contribution is -0.150. The average molecular weight is 158 g/mol. The molecule has 0 aliphatic heterocycles. The highest BCUT2D eigenvalue weighted by atomic mass is 16.5. The third kappa shape index (κ3) is 5.89. The average Bonchev–Trinajstić information content (AvgIpc) is 1.80. The zero-order valence-electron chi connectivity index (χ0n) is 8.10. The van der Waals surface area contributed by atoms with Crippen molar-refractivity contribution in [3.63, 3.8) is 0 Å². The quantitative estimate of drug-likeness (QED) is 0.576. The number of hydrogen-bond donors (Lipinski definition) is 0. The fourth-order valence-electron chi connectivity index (χ4n) is 0.454. The van der Waals surface area contributed by atoms with Gasteiger partial charge in [0.25, 0.3) is 0 Å². The van der Waals surface area contributed by atoms with E-state index in [0.717, 1.165) is 0 Å². The molecule has 0 aromatic rings. The first-order valence-electron chi connectivity index (χ1n) is 3.99. The molecule has 2 heteroatoms. The van der Waals surface area contributed by atoms with Crippen LogP contribution in [0.1, 0.15) is 34.6 Å². The van der Waals surface area contributed by atoms with Gasteiger partial charge in [-0.3, -0.25) is 4.79 Å². The molecular formula is C9H18O2. The van der Waals surface area contributed by atoms with Crippen LogP contribution in [0.25, 0.3) is 0 Å². The summed E-state index contributed by atoms with van der Waals surface area (Å²) in [7, 11) is 0. The Bertz CT molecular complexity index is 131. The molecule has 66 valence electrons. The molecule has 0 radical (unpaired) electrons. The van der Waals surface area contributed by atoms with Crippen LogP contribution in [0.4, 0.5) is 0 Å². The minimum Gasteiger partial charge on any atom is -0.465 e. The van der Waals surface area contributed by atoms with Crippen molar-refractivity contribution >= 4 is 5.97 Å². The maximum Gasteiger partial charge on any atom is 0.308 e. The molecule has 0 rings (SSSR count). The molecule has 11 heavy (non-hydrogen) atoms. The van der Waals surface area contributed by atoms with Crippen molar-refractivity contribution in [3.8, 4) is 0 Å². The smallest absolute Gasteiger partial charge is 0.308 e. The summed E-state index contributed by atoms with van der Waals surface area (Å²) < 4.78 is 5.03. The molecule has 0 saturated carbocycles. The molecule has 0 heterocycles. The molecule has 0 unspecified atom stereocenters. The number of carbonyl (C=O) groups excluding carboxylic acids is 1. The monoisotopic (exact) mass is 158 g/mol. The summed E-state index contributed by atoms with van der Waals surface area (Å²) in [6, 6.07) is 0. The summed E-state index contributed by atoms with van der Waals surface area (Å²) in [6.45, 7) is 10.3. The number of carbonyl (C=O) groups is 1. The second kappa shape index (κ2) is 3.74. The van der Waals surface area contributed by atoms with Gasteiger partial charge in [0.2, 0.25) is 0 Å². The first-order valence-corrected chi connectivity index (χ1v) is 3.99. The fraction of sp³-hybridized carbons (Fsp3) is 0.889. The van der Waals surface area contributed by atoms with Crippen LogP contribution in [0.2, 0.25) is 0 Å². The van der Waals surface area contributed by atoms with Crippen LogP contribution in [0, 0.1) is 11.3 Å². The van der Waals surface area contributed by atoms with E-state index in [-0.39, 0.29) is 17.3 Å². The highest BCUT2D eigenvalue weighted by Crippen LogP contribution is 2.13. The van der Waals surface area contributed by atoms with E-state index >= 15 is 0 Å². The van der Waals surface area contributed by atoms with Crippen LogP contribution >= 0.6 is 0 Å². The van der Waals surface area contributed by atoms with E-state index in [2.05, 4.69) is 0 Å². The predicted octanol–water partition coefficient (Wildman–Crippen LogP) is 2.23. The Kier molecular flexibility index (Phi) is 3.56. The molecule has 0 aliphatic carbocycles. The van der Waals surface area contributed by atoms with E-state index in [1.54, 1.807) is 0 Å². The Morgan fingerprint density at radius 1 is 1.36 bits per heavy atom. The Hall–Kier alpha value is -0.530. The van der Waals surface area contributed by atoms with Gasteiger partial charge in [0.05, 0.1) is 12.5 Å². The third-order valence-corrected chi connectivity index (χ3v) is 1.12. The third-order valence-electron chi connectivity index (χ3n) is 1.12. The lowest BCUT2D eigenvalue weighted by Gasteiger charge is -2.18. The van der Waals surface area contributed by atoms with Crippen LogP contribution in [0.5, 0.6) is 0 Å². The van der Waals surface area contributed by atoms with Crippen LogP contribution in [-0.2, 0) is 9.53 Å². The summed E-state index contributed by atoms with van der Waals surface area (Å²) in [5.74, 6) is -0.128. The van der Waals surface area contributed by atoms with E-state index in [1.165, 1.54) is 0 Å². The minimum atomic E-state index is -0.111. The molecule has 0 bridgehead atoms. The molecule has 0 aliphatic rings. The number of rotatable bonds is 2. The standard InChI is InChI=1S/C9H18O2/c1-7(2)8(10)11-6-9(3,4)5/h7H,6H2,1-5H3. The minimum absolute atomic E-state index is 0.0163. The van der Waals surface area contributed by atoms with Crippen molar-refractivity contribution in [1.82, 2.24) is 0 Å². The molecule has 0 atom stereocenters. The largest absolute Gasteiger partial charge is 0.465 e. The maximum atomic E-state index is 11.0. The highest BCUT2D eigenvalue weighted by Gasteiger charge is 2.15. The first-order chi connectivity index (χ1) is 4.83. The lowest BCUT2D eigenvalue weighted by atomic mass is 9.99. The summed E-state index contributed by atoms with van der Waals surface area (Å²) in [6.07, 6.45) is 0. The Balaban J connectivity index is 3.64. The van der Waals surface area contributed by atoms with E-state index in [0.29, 0.717) is 6.61 Å². The van der Waals surface area contributed by atoms with Gasteiger partial charge in [-0.25, -0.2) is 0 Å².